The van der Waals surface area contributed by atoms with Gasteiger partial charge in [0.1, 0.15) is 11.0 Å². The maximum Gasteiger partial charge on any atom is 0.338 e. The SMILES string of the molecule is CC(C)(C)OC(=O)c1ccc(C(C)(CN)C(=O)O)cc1. The minimum absolute atomic E-state index is 0.0197. The van der Waals surface area contributed by atoms with E-state index in [4.69, 9.17) is 10.5 Å². The first kappa shape index (κ1) is 16.2. The van der Waals surface area contributed by atoms with Gasteiger partial charge in [0.05, 0.1) is 5.56 Å². The fourth-order valence-electron chi connectivity index (χ4n) is 1.64. The second-order valence-electron chi connectivity index (χ2n) is 5.92. The van der Waals surface area contributed by atoms with Crippen molar-refractivity contribution >= 4 is 11.9 Å². The second kappa shape index (κ2) is 5.63. The minimum atomic E-state index is -1.16. The molecule has 0 aromatic heterocycles. The molecule has 1 atom stereocenters. The normalized spacial score (nSPS) is 14.4. The van der Waals surface area contributed by atoms with E-state index >= 15 is 0 Å². The lowest BCUT2D eigenvalue weighted by Crippen LogP contribution is -2.40. The van der Waals surface area contributed by atoms with Crippen molar-refractivity contribution in [1.82, 2.24) is 0 Å². The summed E-state index contributed by atoms with van der Waals surface area (Å²) in [6.45, 7) is 6.89. The summed E-state index contributed by atoms with van der Waals surface area (Å²) >= 11 is 0. The summed E-state index contributed by atoms with van der Waals surface area (Å²) in [6, 6.07) is 6.31. The number of carboxylic acid groups (broad SMARTS) is 1. The van der Waals surface area contributed by atoms with Gasteiger partial charge in [0.2, 0.25) is 0 Å². The van der Waals surface area contributed by atoms with E-state index in [1.807, 2.05) is 0 Å². The van der Waals surface area contributed by atoms with E-state index in [0.29, 0.717) is 11.1 Å². The van der Waals surface area contributed by atoms with E-state index in [9.17, 15) is 14.7 Å². The fourth-order valence-corrected chi connectivity index (χ4v) is 1.64. The molecule has 0 amide bonds. The largest absolute Gasteiger partial charge is 0.481 e. The quantitative estimate of drug-likeness (QED) is 0.822. The van der Waals surface area contributed by atoms with E-state index in [1.54, 1.807) is 52.0 Å². The van der Waals surface area contributed by atoms with Crippen LogP contribution in [0.15, 0.2) is 24.3 Å². The number of hydrogen-bond acceptors (Lipinski definition) is 4. The summed E-state index contributed by atoms with van der Waals surface area (Å²) in [7, 11) is 0. The molecule has 1 aromatic carbocycles. The van der Waals surface area contributed by atoms with Crippen LogP contribution in [0.5, 0.6) is 0 Å². The number of aliphatic carboxylic acids is 1. The predicted octanol–water partition coefficient (Wildman–Crippen LogP) is 1.94. The smallest absolute Gasteiger partial charge is 0.338 e. The molecular weight excluding hydrogens is 258 g/mol. The van der Waals surface area contributed by atoms with Crippen LogP contribution >= 0.6 is 0 Å². The molecule has 0 bridgehead atoms. The molecule has 5 heteroatoms. The van der Waals surface area contributed by atoms with Gasteiger partial charge in [0.25, 0.3) is 0 Å². The Morgan fingerprint density at radius 2 is 1.65 bits per heavy atom. The zero-order valence-electron chi connectivity index (χ0n) is 12.3. The minimum Gasteiger partial charge on any atom is -0.481 e. The van der Waals surface area contributed by atoms with Crippen molar-refractivity contribution in [3.05, 3.63) is 35.4 Å². The molecule has 1 aromatic rings. The van der Waals surface area contributed by atoms with Crippen molar-refractivity contribution in [2.24, 2.45) is 5.73 Å². The predicted molar refractivity (Wildman–Crippen MR) is 75.7 cm³/mol. The van der Waals surface area contributed by atoms with Gasteiger partial charge in [-0.3, -0.25) is 4.79 Å². The summed E-state index contributed by atoms with van der Waals surface area (Å²) in [6.07, 6.45) is 0. The van der Waals surface area contributed by atoms with Crippen molar-refractivity contribution in [2.75, 3.05) is 6.54 Å². The number of carbonyl (C=O) groups excluding carboxylic acids is 1. The highest BCUT2D eigenvalue weighted by atomic mass is 16.6. The third-order valence-corrected chi connectivity index (χ3v) is 3.04. The Morgan fingerprint density at radius 3 is 2.00 bits per heavy atom. The molecule has 0 saturated heterocycles. The molecule has 0 saturated carbocycles. The Labute approximate surface area is 118 Å². The van der Waals surface area contributed by atoms with Crippen molar-refractivity contribution in [3.8, 4) is 0 Å². The second-order valence-corrected chi connectivity index (χ2v) is 5.92. The highest BCUT2D eigenvalue weighted by Gasteiger charge is 2.33. The van der Waals surface area contributed by atoms with Gasteiger partial charge in [-0.05, 0) is 45.4 Å². The summed E-state index contributed by atoms with van der Waals surface area (Å²) in [4.78, 5) is 23.1. The molecule has 0 radical (unpaired) electrons. The van der Waals surface area contributed by atoms with Crippen LogP contribution < -0.4 is 5.73 Å². The fraction of sp³-hybridized carbons (Fsp3) is 0.467. The molecule has 5 nitrogen and oxygen atoms in total. The van der Waals surface area contributed by atoms with Gasteiger partial charge in [-0.2, -0.15) is 0 Å². The monoisotopic (exact) mass is 279 g/mol. The Kier molecular flexibility index (Phi) is 4.55. The van der Waals surface area contributed by atoms with Crippen LogP contribution in [0.1, 0.15) is 43.6 Å². The number of rotatable bonds is 4. The number of benzene rings is 1. The molecule has 0 aliphatic rings. The van der Waals surface area contributed by atoms with Crippen molar-refractivity contribution in [3.63, 3.8) is 0 Å². The summed E-state index contributed by atoms with van der Waals surface area (Å²) in [5, 5.41) is 9.25. The summed E-state index contributed by atoms with van der Waals surface area (Å²) in [5.41, 5.74) is 4.76. The van der Waals surface area contributed by atoms with Gasteiger partial charge in [0, 0.05) is 6.54 Å². The molecule has 1 unspecified atom stereocenters. The Balaban J connectivity index is 3.00. The third-order valence-electron chi connectivity index (χ3n) is 3.04. The number of esters is 1. The average molecular weight is 279 g/mol. The maximum absolute atomic E-state index is 11.9. The standard InChI is InChI=1S/C15H21NO4/c1-14(2,3)20-12(17)10-5-7-11(8-6-10)15(4,9-16)13(18)19/h5-8H,9,16H2,1-4H3,(H,18,19). The molecule has 0 aliphatic heterocycles. The van der Waals surface area contributed by atoms with Gasteiger partial charge in [0.15, 0.2) is 0 Å². The first-order valence-corrected chi connectivity index (χ1v) is 6.37. The molecule has 0 heterocycles. The van der Waals surface area contributed by atoms with E-state index in [2.05, 4.69) is 0 Å². The molecule has 110 valence electrons. The van der Waals surface area contributed by atoms with Crippen LogP contribution in [0, 0.1) is 0 Å². The molecular formula is C15H21NO4. The summed E-state index contributed by atoms with van der Waals surface area (Å²) in [5.74, 6) is -1.43. The number of carbonyl (C=O) groups is 2. The van der Waals surface area contributed by atoms with Crippen LogP contribution in [-0.4, -0.2) is 29.2 Å². The Bertz CT molecular complexity index is 502. The van der Waals surface area contributed by atoms with Crippen molar-refractivity contribution in [1.29, 1.82) is 0 Å². The number of hydrogen-bond donors (Lipinski definition) is 2. The highest BCUT2D eigenvalue weighted by Crippen LogP contribution is 2.24. The lowest BCUT2D eigenvalue weighted by Gasteiger charge is -2.24. The first-order valence-electron chi connectivity index (χ1n) is 6.37. The number of ether oxygens (including phenoxy) is 1. The van der Waals surface area contributed by atoms with E-state index < -0.39 is 23.0 Å². The van der Waals surface area contributed by atoms with Crippen LogP contribution in [0.4, 0.5) is 0 Å². The Morgan fingerprint density at radius 1 is 1.15 bits per heavy atom. The van der Waals surface area contributed by atoms with Crippen molar-refractivity contribution in [2.45, 2.75) is 38.7 Å². The molecule has 0 spiro atoms. The van der Waals surface area contributed by atoms with E-state index in [0.717, 1.165) is 0 Å². The van der Waals surface area contributed by atoms with Gasteiger partial charge in [-0.25, -0.2) is 4.79 Å². The molecule has 20 heavy (non-hydrogen) atoms. The van der Waals surface area contributed by atoms with E-state index in [-0.39, 0.29) is 6.54 Å². The topological polar surface area (TPSA) is 89.6 Å². The highest BCUT2D eigenvalue weighted by molar-refractivity contribution is 5.90. The number of nitrogens with two attached hydrogens (primary N) is 1. The summed E-state index contributed by atoms with van der Waals surface area (Å²) < 4.78 is 5.24. The zero-order valence-corrected chi connectivity index (χ0v) is 12.3. The maximum atomic E-state index is 11.9. The Hall–Kier alpha value is -1.88. The lowest BCUT2D eigenvalue weighted by atomic mass is 9.82. The first-order chi connectivity index (χ1) is 9.10. The van der Waals surface area contributed by atoms with Gasteiger partial charge in [-0.1, -0.05) is 12.1 Å². The van der Waals surface area contributed by atoms with E-state index in [1.165, 1.54) is 0 Å². The van der Waals surface area contributed by atoms with Crippen LogP contribution in [0.2, 0.25) is 0 Å². The molecule has 0 fully saturated rings. The number of carboxylic acids is 1. The van der Waals surface area contributed by atoms with Crippen LogP contribution in [0.3, 0.4) is 0 Å². The van der Waals surface area contributed by atoms with Gasteiger partial charge < -0.3 is 15.6 Å². The molecule has 0 aliphatic carbocycles. The lowest BCUT2D eigenvalue weighted by molar-refractivity contribution is -0.142. The molecule has 1 rings (SSSR count). The van der Waals surface area contributed by atoms with Gasteiger partial charge >= 0.3 is 11.9 Å². The van der Waals surface area contributed by atoms with Crippen LogP contribution in [-0.2, 0) is 14.9 Å². The molecule has 3 N–H and O–H groups in total. The van der Waals surface area contributed by atoms with Crippen molar-refractivity contribution < 1.29 is 19.4 Å². The van der Waals surface area contributed by atoms with Gasteiger partial charge in [-0.15, -0.1) is 0 Å². The van der Waals surface area contributed by atoms with Crippen LogP contribution in [0.25, 0.3) is 0 Å². The zero-order chi connectivity index (χ0) is 15.6. The third kappa shape index (κ3) is 3.57. The average Bonchev–Trinajstić information content (AvgIpc) is 2.35.